The quantitative estimate of drug-likeness (QED) is 0.837. The molecule has 0 fully saturated rings. The van der Waals surface area contributed by atoms with Crippen LogP contribution in [0.15, 0.2) is 43.7 Å². The molecule has 1 amide bonds. The molecule has 1 aromatic heterocycles. The van der Waals surface area contributed by atoms with Gasteiger partial charge in [-0.05, 0) is 60.1 Å². The van der Waals surface area contributed by atoms with Gasteiger partial charge in [0.2, 0.25) is 0 Å². The summed E-state index contributed by atoms with van der Waals surface area (Å²) in [7, 11) is 0. The number of hydrogen-bond donors (Lipinski definition) is 1. The van der Waals surface area contributed by atoms with Gasteiger partial charge in [-0.15, -0.1) is 0 Å². The van der Waals surface area contributed by atoms with Gasteiger partial charge in [-0.25, -0.2) is 0 Å². The van der Waals surface area contributed by atoms with Crippen LogP contribution in [0.3, 0.4) is 0 Å². The SMILES string of the molecule is Cc1ccc(C(C)NC(=O)c2cc(Br)ccc2Br)o1. The maximum Gasteiger partial charge on any atom is 0.253 e. The Kier molecular flexibility index (Phi) is 4.47. The van der Waals surface area contributed by atoms with Crippen LogP contribution < -0.4 is 5.32 Å². The molecule has 0 bridgehead atoms. The smallest absolute Gasteiger partial charge is 0.253 e. The summed E-state index contributed by atoms with van der Waals surface area (Å²) in [5.41, 5.74) is 0.588. The lowest BCUT2D eigenvalue weighted by Crippen LogP contribution is -2.26. The van der Waals surface area contributed by atoms with E-state index in [1.807, 2.05) is 38.1 Å². The maximum atomic E-state index is 12.2. The average Bonchev–Trinajstić information content (AvgIpc) is 2.79. The zero-order valence-corrected chi connectivity index (χ0v) is 13.7. The highest BCUT2D eigenvalue weighted by molar-refractivity contribution is 9.11. The minimum atomic E-state index is -0.174. The lowest BCUT2D eigenvalue weighted by molar-refractivity contribution is 0.0934. The van der Waals surface area contributed by atoms with E-state index in [1.165, 1.54) is 0 Å². The highest BCUT2D eigenvalue weighted by atomic mass is 79.9. The summed E-state index contributed by atoms with van der Waals surface area (Å²) in [6.45, 7) is 3.77. The Bertz CT molecular complexity index is 607. The minimum absolute atomic E-state index is 0.144. The fourth-order valence-corrected chi connectivity index (χ4v) is 2.49. The van der Waals surface area contributed by atoms with Crippen LogP contribution in [-0.4, -0.2) is 5.91 Å². The second-order valence-corrected chi connectivity index (χ2v) is 6.04. The molecule has 1 unspecified atom stereocenters. The Labute approximate surface area is 128 Å². The third-order valence-electron chi connectivity index (χ3n) is 2.71. The topological polar surface area (TPSA) is 42.2 Å². The van der Waals surface area contributed by atoms with Gasteiger partial charge in [0.25, 0.3) is 5.91 Å². The molecular weight excluding hydrogens is 374 g/mol. The van der Waals surface area contributed by atoms with Gasteiger partial charge >= 0.3 is 0 Å². The highest BCUT2D eigenvalue weighted by Crippen LogP contribution is 2.23. The molecule has 1 atom stereocenters. The van der Waals surface area contributed by atoms with Gasteiger partial charge in [-0.1, -0.05) is 15.9 Å². The normalized spacial score (nSPS) is 12.2. The van der Waals surface area contributed by atoms with Crippen molar-refractivity contribution < 1.29 is 9.21 Å². The van der Waals surface area contributed by atoms with E-state index in [2.05, 4.69) is 37.2 Å². The summed E-state index contributed by atoms with van der Waals surface area (Å²) in [6, 6.07) is 9.07. The van der Waals surface area contributed by atoms with E-state index in [9.17, 15) is 4.79 Å². The maximum absolute atomic E-state index is 12.2. The number of furan rings is 1. The summed E-state index contributed by atoms with van der Waals surface area (Å²) in [5, 5.41) is 2.91. The Hall–Kier alpha value is -1.07. The molecule has 0 spiro atoms. The van der Waals surface area contributed by atoms with Crippen molar-refractivity contribution in [2.24, 2.45) is 0 Å². The molecule has 19 heavy (non-hydrogen) atoms. The summed E-state index contributed by atoms with van der Waals surface area (Å²) >= 11 is 6.74. The van der Waals surface area contributed by atoms with Crippen LogP contribution in [0.5, 0.6) is 0 Å². The molecule has 3 nitrogen and oxygen atoms in total. The van der Waals surface area contributed by atoms with Gasteiger partial charge in [0, 0.05) is 8.95 Å². The van der Waals surface area contributed by atoms with Gasteiger partial charge < -0.3 is 9.73 Å². The summed E-state index contributed by atoms with van der Waals surface area (Å²) in [5.74, 6) is 1.44. The number of halogens is 2. The number of aryl methyl sites for hydroxylation is 1. The molecule has 2 aromatic rings. The van der Waals surface area contributed by atoms with Crippen LogP contribution in [0.25, 0.3) is 0 Å². The second kappa shape index (κ2) is 5.92. The van der Waals surface area contributed by atoms with Gasteiger partial charge in [-0.3, -0.25) is 4.79 Å². The van der Waals surface area contributed by atoms with E-state index in [0.717, 1.165) is 20.5 Å². The van der Waals surface area contributed by atoms with E-state index in [-0.39, 0.29) is 11.9 Å². The largest absolute Gasteiger partial charge is 0.464 e. The minimum Gasteiger partial charge on any atom is -0.464 e. The Morgan fingerprint density at radius 3 is 2.63 bits per heavy atom. The number of amides is 1. The van der Waals surface area contributed by atoms with Gasteiger partial charge in [0.05, 0.1) is 11.6 Å². The highest BCUT2D eigenvalue weighted by Gasteiger charge is 2.16. The van der Waals surface area contributed by atoms with Crippen LogP contribution in [0.4, 0.5) is 0 Å². The lowest BCUT2D eigenvalue weighted by atomic mass is 10.2. The molecular formula is C14H13Br2NO2. The van der Waals surface area contributed by atoms with Gasteiger partial charge in [-0.2, -0.15) is 0 Å². The zero-order valence-electron chi connectivity index (χ0n) is 10.5. The second-order valence-electron chi connectivity index (χ2n) is 4.27. The molecule has 2 rings (SSSR count). The van der Waals surface area contributed by atoms with E-state index < -0.39 is 0 Å². The standard InChI is InChI=1S/C14H13Br2NO2/c1-8-3-6-13(19-8)9(2)17-14(18)11-7-10(15)4-5-12(11)16/h3-7,9H,1-2H3,(H,17,18). The molecule has 1 N–H and O–H groups in total. The van der Waals surface area contributed by atoms with E-state index >= 15 is 0 Å². The van der Waals surface area contributed by atoms with Crippen molar-refractivity contribution in [2.75, 3.05) is 0 Å². The Morgan fingerprint density at radius 1 is 1.26 bits per heavy atom. The van der Waals surface area contributed by atoms with Crippen LogP contribution in [0.2, 0.25) is 0 Å². The predicted octanol–water partition coefficient (Wildman–Crippen LogP) is 4.60. The van der Waals surface area contributed by atoms with Crippen molar-refractivity contribution in [3.8, 4) is 0 Å². The van der Waals surface area contributed by atoms with Crippen molar-refractivity contribution in [3.63, 3.8) is 0 Å². The van der Waals surface area contributed by atoms with Crippen LogP contribution in [0, 0.1) is 6.92 Å². The summed E-state index contributed by atoms with van der Waals surface area (Å²) in [4.78, 5) is 12.2. The first-order valence-electron chi connectivity index (χ1n) is 5.79. The summed E-state index contributed by atoms with van der Waals surface area (Å²) < 4.78 is 7.12. The van der Waals surface area contributed by atoms with Crippen molar-refractivity contribution in [1.29, 1.82) is 0 Å². The molecule has 0 aliphatic rings. The zero-order chi connectivity index (χ0) is 14.0. The van der Waals surface area contributed by atoms with E-state index in [0.29, 0.717) is 5.56 Å². The first kappa shape index (κ1) is 14.3. The lowest BCUT2D eigenvalue weighted by Gasteiger charge is -2.12. The first-order chi connectivity index (χ1) is 8.97. The van der Waals surface area contributed by atoms with E-state index in [4.69, 9.17) is 4.42 Å². The molecule has 5 heteroatoms. The van der Waals surface area contributed by atoms with Gasteiger partial charge in [0.15, 0.2) is 0 Å². The fourth-order valence-electron chi connectivity index (χ4n) is 1.70. The monoisotopic (exact) mass is 385 g/mol. The van der Waals surface area contributed by atoms with E-state index in [1.54, 1.807) is 6.07 Å². The van der Waals surface area contributed by atoms with Crippen LogP contribution in [-0.2, 0) is 0 Å². The Balaban J connectivity index is 2.15. The molecule has 100 valence electrons. The van der Waals surface area contributed by atoms with Crippen LogP contribution >= 0.6 is 31.9 Å². The predicted molar refractivity (Wildman–Crippen MR) is 81.2 cm³/mol. The van der Waals surface area contributed by atoms with Crippen LogP contribution in [0.1, 0.15) is 34.8 Å². The number of rotatable bonds is 3. The molecule has 0 saturated heterocycles. The number of nitrogens with one attached hydrogen (secondary N) is 1. The fraction of sp³-hybridized carbons (Fsp3) is 0.214. The molecule has 0 aliphatic heterocycles. The third kappa shape index (κ3) is 3.48. The number of benzene rings is 1. The molecule has 1 heterocycles. The van der Waals surface area contributed by atoms with Crippen molar-refractivity contribution in [3.05, 3.63) is 56.4 Å². The van der Waals surface area contributed by atoms with Gasteiger partial charge in [0.1, 0.15) is 11.5 Å². The first-order valence-corrected chi connectivity index (χ1v) is 7.38. The molecule has 0 radical (unpaired) electrons. The molecule has 1 aromatic carbocycles. The number of hydrogen-bond acceptors (Lipinski definition) is 2. The van der Waals surface area contributed by atoms with Crippen molar-refractivity contribution in [1.82, 2.24) is 5.32 Å². The summed E-state index contributed by atoms with van der Waals surface area (Å²) in [6.07, 6.45) is 0. The average molecular weight is 387 g/mol. The Morgan fingerprint density at radius 2 is 2.00 bits per heavy atom. The molecule has 0 aliphatic carbocycles. The number of carbonyl (C=O) groups is 1. The van der Waals surface area contributed by atoms with Crippen molar-refractivity contribution >= 4 is 37.8 Å². The number of carbonyl (C=O) groups excluding carboxylic acids is 1. The third-order valence-corrected chi connectivity index (χ3v) is 3.89. The molecule has 0 saturated carbocycles. The van der Waals surface area contributed by atoms with Crippen molar-refractivity contribution in [2.45, 2.75) is 19.9 Å².